The maximum atomic E-state index is 13.4. The number of amides is 1. The van der Waals surface area contributed by atoms with Crippen molar-refractivity contribution >= 4 is 34.3 Å². The summed E-state index contributed by atoms with van der Waals surface area (Å²) in [4.78, 5) is 26.2. The highest BCUT2D eigenvalue weighted by atomic mass is 32.1. The van der Waals surface area contributed by atoms with Crippen molar-refractivity contribution < 1.29 is 18.7 Å². The van der Waals surface area contributed by atoms with Crippen LogP contribution in [0.25, 0.3) is 6.08 Å². The van der Waals surface area contributed by atoms with Crippen molar-refractivity contribution in [1.82, 2.24) is 0 Å². The number of fused-ring (bicyclic) bond motifs is 1. The standard InChI is InChI=1S/C21H19FN2O3S/c1-2-27-21(26)18-16-8-3-4-9-17(16)28-20(18)24-19(25)14(12-23)10-13-6-5-7-15(22)11-13/h5-7,10-11H,2-4,8-9H2,1H3,(H,24,25)/b14-10+. The van der Waals surface area contributed by atoms with E-state index in [1.165, 1.54) is 35.6 Å². The zero-order valence-electron chi connectivity index (χ0n) is 15.4. The van der Waals surface area contributed by atoms with Gasteiger partial charge in [0.15, 0.2) is 0 Å². The van der Waals surface area contributed by atoms with Crippen LogP contribution < -0.4 is 5.32 Å². The second-order valence-electron chi connectivity index (χ2n) is 6.31. The highest BCUT2D eigenvalue weighted by Crippen LogP contribution is 2.38. The Balaban J connectivity index is 1.91. The van der Waals surface area contributed by atoms with Gasteiger partial charge >= 0.3 is 5.97 Å². The molecule has 1 aromatic heterocycles. The number of aryl methyl sites for hydroxylation is 1. The first-order valence-corrected chi connectivity index (χ1v) is 9.85. The predicted molar refractivity (Wildman–Crippen MR) is 106 cm³/mol. The molecule has 28 heavy (non-hydrogen) atoms. The van der Waals surface area contributed by atoms with Crippen LogP contribution in [0.5, 0.6) is 0 Å². The fourth-order valence-electron chi connectivity index (χ4n) is 3.16. The molecule has 5 nitrogen and oxygen atoms in total. The lowest BCUT2D eigenvalue weighted by Crippen LogP contribution is -2.16. The zero-order valence-corrected chi connectivity index (χ0v) is 16.2. The number of hydrogen-bond acceptors (Lipinski definition) is 5. The number of esters is 1. The van der Waals surface area contributed by atoms with Crippen LogP contribution in [0.15, 0.2) is 29.8 Å². The number of thiophene rings is 1. The average molecular weight is 398 g/mol. The van der Waals surface area contributed by atoms with Crippen LogP contribution in [0.3, 0.4) is 0 Å². The molecule has 0 atom stereocenters. The van der Waals surface area contributed by atoms with Crippen LogP contribution in [0.1, 0.15) is 46.1 Å². The number of carbonyl (C=O) groups is 2. The van der Waals surface area contributed by atoms with Crippen molar-refractivity contribution in [2.24, 2.45) is 0 Å². The smallest absolute Gasteiger partial charge is 0.341 e. The molecule has 1 aromatic carbocycles. The Morgan fingerprint density at radius 1 is 1.36 bits per heavy atom. The van der Waals surface area contributed by atoms with Gasteiger partial charge in [0.2, 0.25) is 0 Å². The highest BCUT2D eigenvalue weighted by molar-refractivity contribution is 7.17. The van der Waals surface area contributed by atoms with Gasteiger partial charge in [0, 0.05) is 4.88 Å². The van der Waals surface area contributed by atoms with Crippen molar-refractivity contribution in [2.45, 2.75) is 32.6 Å². The monoisotopic (exact) mass is 398 g/mol. The number of nitrogens with one attached hydrogen (secondary N) is 1. The lowest BCUT2D eigenvalue weighted by Gasteiger charge is -2.12. The van der Waals surface area contributed by atoms with Gasteiger partial charge in [-0.15, -0.1) is 11.3 Å². The molecule has 3 rings (SSSR count). The lowest BCUT2D eigenvalue weighted by molar-refractivity contribution is -0.112. The molecule has 0 bridgehead atoms. The number of nitrogens with zero attached hydrogens (tertiary/aromatic N) is 1. The first-order valence-electron chi connectivity index (χ1n) is 9.03. The lowest BCUT2D eigenvalue weighted by atomic mass is 9.95. The van der Waals surface area contributed by atoms with Crippen molar-refractivity contribution in [3.05, 3.63) is 57.2 Å². The van der Waals surface area contributed by atoms with Crippen LogP contribution in [0, 0.1) is 17.1 Å². The summed E-state index contributed by atoms with van der Waals surface area (Å²) in [6, 6.07) is 7.46. The van der Waals surface area contributed by atoms with Gasteiger partial charge in [-0.2, -0.15) is 5.26 Å². The quantitative estimate of drug-likeness (QED) is 0.457. The normalized spacial score (nSPS) is 13.4. The van der Waals surface area contributed by atoms with E-state index in [9.17, 15) is 19.2 Å². The van der Waals surface area contributed by atoms with E-state index in [1.54, 1.807) is 13.0 Å². The van der Waals surface area contributed by atoms with Crippen molar-refractivity contribution in [2.75, 3.05) is 11.9 Å². The minimum atomic E-state index is -0.643. The van der Waals surface area contributed by atoms with E-state index in [1.807, 2.05) is 6.07 Å². The molecule has 1 aliphatic carbocycles. The molecule has 1 heterocycles. The number of ether oxygens (including phenoxy) is 1. The summed E-state index contributed by atoms with van der Waals surface area (Å²) < 4.78 is 18.5. The van der Waals surface area contributed by atoms with Crippen molar-refractivity contribution in [1.29, 1.82) is 5.26 Å². The van der Waals surface area contributed by atoms with E-state index in [4.69, 9.17) is 4.74 Å². The molecular weight excluding hydrogens is 379 g/mol. The van der Waals surface area contributed by atoms with E-state index < -0.39 is 17.7 Å². The molecule has 0 radical (unpaired) electrons. The van der Waals surface area contributed by atoms with E-state index >= 15 is 0 Å². The molecule has 0 saturated heterocycles. The zero-order chi connectivity index (χ0) is 20.1. The summed E-state index contributed by atoms with van der Waals surface area (Å²) >= 11 is 1.35. The number of nitriles is 1. The van der Waals surface area contributed by atoms with Gasteiger partial charge in [0.05, 0.1) is 12.2 Å². The van der Waals surface area contributed by atoms with E-state index in [2.05, 4.69) is 5.32 Å². The third-order valence-electron chi connectivity index (χ3n) is 4.40. The summed E-state index contributed by atoms with van der Waals surface area (Å²) in [7, 11) is 0. The number of rotatable bonds is 5. The number of benzene rings is 1. The molecule has 0 unspecified atom stereocenters. The van der Waals surface area contributed by atoms with Crippen LogP contribution >= 0.6 is 11.3 Å². The van der Waals surface area contributed by atoms with Crippen LogP contribution in [0.2, 0.25) is 0 Å². The molecule has 1 amide bonds. The summed E-state index contributed by atoms with van der Waals surface area (Å²) in [6.07, 6.45) is 4.95. The minimum absolute atomic E-state index is 0.174. The fraction of sp³-hybridized carbons (Fsp3) is 0.286. The molecule has 1 aliphatic rings. The van der Waals surface area contributed by atoms with Crippen molar-refractivity contribution in [3.63, 3.8) is 0 Å². The number of halogens is 1. The second kappa shape index (κ2) is 8.81. The third-order valence-corrected chi connectivity index (χ3v) is 5.61. The summed E-state index contributed by atoms with van der Waals surface area (Å²) in [5, 5.41) is 12.5. The van der Waals surface area contributed by atoms with Gasteiger partial charge in [-0.3, -0.25) is 4.79 Å². The molecular formula is C21H19FN2O3S. The summed E-state index contributed by atoms with van der Waals surface area (Å²) in [5.41, 5.74) is 1.55. The third kappa shape index (κ3) is 4.29. The molecule has 144 valence electrons. The number of hydrogen-bond donors (Lipinski definition) is 1. The van der Waals surface area contributed by atoms with Gasteiger partial charge < -0.3 is 10.1 Å². The Morgan fingerprint density at radius 3 is 2.86 bits per heavy atom. The first kappa shape index (κ1) is 19.8. The predicted octanol–water partition coefficient (Wildman–Crippen LogP) is 4.49. The van der Waals surface area contributed by atoms with Gasteiger partial charge in [0.1, 0.15) is 22.5 Å². The van der Waals surface area contributed by atoms with Gasteiger partial charge in [-0.05, 0) is 61.9 Å². The second-order valence-corrected chi connectivity index (χ2v) is 7.42. The Labute approximate surface area is 166 Å². The highest BCUT2D eigenvalue weighted by Gasteiger charge is 2.27. The molecule has 0 saturated carbocycles. The Morgan fingerprint density at radius 2 is 2.14 bits per heavy atom. The van der Waals surface area contributed by atoms with Crippen LogP contribution in [0.4, 0.5) is 9.39 Å². The average Bonchev–Trinajstić information content (AvgIpc) is 3.04. The van der Waals surface area contributed by atoms with Gasteiger partial charge in [0.25, 0.3) is 5.91 Å². The molecule has 2 aromatic rings. The summed E-state index contributed by atoms with van der Waals surface area (Å²) in [6.45, 7) is 1.96. The maximum absolute atomic E-state index is 13.4. The largest absolute Gasteiger partial charge is 0.462 e. The van der Waals surface area contributed by atoms with Crippen LogP contribution in [-0.4, -0.2) is 18.5 Å². The SMILES string of the molecule is CCOC(=O)c1c(NC(=O)/C(C#N)=C/c2cccc(F)c2)sc2c1CCCC2. The fourth-order valence-corrected chi connectivity index (χ4v) is 4.43. The first-order chi connectivity index (χ1) is 13.5. The Bertz CT molecular complexity index is 988. The van der Waals surface area contributed by atoms with E-state index in [-0.39, 0.29) is 12.2 Å². The topological polar surface area (TPSA) is 79.2 Å². The Hall–Kier alpha value is -2.98. The van der Waals surface area contributed by atoms with Crippen molar-refractivity contribution in [3.8, 4) is 6.07 Å². The molecule has 7 heteroatoms. The summed E-state index contributed by atoms with van der Waals surface area (Å²) in [5.74, 6) is -1.57. The van der Waals surface area contributed by atoms with Gasteiger partial charge in [-0.25, -0.2) is 9.18 Å². The molecule has 1 N–H and O–H groups in total. The Kier molecular flexibility index (Phi) is 6.22. The number of carbonyl (C=O) groups excluding carboxylic acids is 2. The van der Waals surface area contributed by atoms with Gasteiger partial charge in [-0.1, -0.05) is 12.1 Å². The number of anilines is 1. The maximum Gasteiger partial charge on any atom is 0.341 e. The van der Waals surface area contributed by atoms with Crippen LogP contribution in [-0.2, 0) is 22.4 Å². The molecule has 0 aliphatic heterocycles. The van der Waals surface area contributed by atoms with E-state index in [0.29, 0.717) is 16.1 Å². The molecule has 0 fully saturated rings. The minimum Gasteiger partial charge on any atom is -0.462 e. The van der Waals surface area contributed by atoms with E-state index in [0.717, 1.165) is 36.1 Å². The molecule has 0 spiro atoms.